The number of guanidine groups is 1. The van der Waals surface area contributed by atoms with E-state index in [4.69, 9.17) is 5.73 Å². The Hall–Kier alpha value is -0.770. The average molecular weight is 252 g/mol. The fourth-order valence-corrected chi connectivity index (χ4v) is 3.04. The molecule has 2 atom stereocenters. The van der Waals surface area contributed by atoms with E-state index in [2.05, 4.69) is 36.2 Å². The molecule has 3 N–H and O–H groups in total. The molecule has 2 aliphatic carbocycles. The fraction of sp³-hybridized carbons (Fsp3) is 0.929. The molecule has 0 amide bonds. The van der Waals surface area contributed by atoms with Crippen molar-refractivity contribution in [2.75, 3.05) is 20.6 Å². The van der Waals surface area contributed by atoms with Crippen molar-refractivity contribution in [3.63, 3.8) is 0 Å². The molecule has 18 heavy (non-hydrogen) atoms. The van der Waals surface area contributed by atoms with Crippen molar-refractivity contribution in [3.8, 4) is 0 Å². The predicted molar refractivity (Wildman–Crippen MR) is 76.7 cm³/mol. The second-order valence-electron chi connectivity index (χ2n) is 6.44. The molecule has 2 aliphatic rings. The fourth-order valence-electron chi connectivity index (χ4n) is 3.04. The van der Waals surface area contributed by atoms with Crippen molar-refractivity contribution in [2.24, 2.45) is 16.6 Å². The Morgan fingerprint density at radius 3 is 2.67 bits per heavy atom. The molecule has 4 nitrogen and oxygen atoms in total. The monoisotopic (exact) mass is 252 g/mol. The van der Waals surface area contributed by atoms with Gasteiger partial charge in [-0.15, -0.1) is 0 Å². The second-order valence-corrected chi connectivity index (χ2v) is 6.44. The van der Waals surface area contributed by atoms with Gasteiger partial charge >= 0.3 is 0 Å². The first-order valence-electron chi connectivity index (χ1n) is 7.26. The van der Waals surface area contributed by atoms with E-state index in [0.717, 1.165) is 12.5 Å². The normalized spacial score (nSPS) is 33.8. The van der Waals surface area contributed by atoms with Gasteiger partial charge in [0.15, 0.2) is 5.96 Å². The predicted octanol–water partition coefficient (Wildman–Crippen LogP) is 1.56. The Morgan fingerprint density at radius 1 is 1.39 bits per heavy atom. The van der Waals surface area contributed by atoms with Gasteiger partial charge in [-0.05, 0) is 45.7 Å². The zero-order valence-electron chi connectivity index (χ0n) is 12.1. The molecule has 0 aromatic carbocycles. The largest absolute Gasteiger partial charge is 0.370 e. The zero-order valence-corrected chi connectivity index (χ0v) is 12.1. The molecule has 0 radical (unpaired) electrons. The topological polar surface area (TPSA) is 53.6 Å². The molecule has 2 rings (SSSR count). The highest BCUT2D eigenvalue weighted by Crippen LogP contribution is 2.35. The highest BCUT2D eigenvalue weighted by molar-refractivity contribution is 5.78. The maximum Gasteiger partial charge on any atom is 0.188 e. The number of aliphatic imine (C=N–C) groups is 1. The van der Waals surface area contributed by atoms with Crippen molar-refractivity contribution in [1.82, 2.24) is 10.2 Å². The first-order valence-corrected chi connectivity index (χ1v) is 7.26. The summed E-state index contributed by atoms with van der Waals surface area (Å²) in [6.07, 6.45) is 7.63. The lowest BCUT2D eigenvalue weighted by Crippen LogP contribution is -2.50. The minimum Gasteiger partial charge on any atom is -0.370 e. The number of nitrogens with two attached hydrogens (primary N) is 1. The highest BCUT2D eigenvalue weighted by atomic mass is 15.2. The number of likely N-dealkylation sites (N-methyl/N-ethyl adjacent to an activating group) is 1. The van der Waals surface area contributed by atoms with Crippen LogP contribution < -0.4 is 11.1 Å². The van der Waals surface area contributed by atoms with Crippen LogP contribution in [0.1, 0.15) is 45.4 Å². The molecule has 2 fully saturated rings. The van der Waals surface area contributed by atoms with Crippen LogP contribution in [0.2, 0.25) is 0 Å². The van der Waals surface area contributed by atoms with E-state index in [1.165, 1.54) is 38.5 Å². The van der Waals surface area contributed by atoms with Crippen molar-refractivity contribution in [1.29, 1.82) is 0 Å². The van der Waals surface area contributed by atoms with Gasteiger partial charge in [0.25, 0.3) is 0 Å². The molecule has 0 saturated heterocycles. The second kappa shape index (κ2) is 5.47. The molecule has 2 unspecified atom stereocenters. The molecule has 0 spiro atoms. The van der Waals surface area contributed by atoms with E-state index < -0.39 is 0 Å². The van der Waals surface area contributed by atoms with Gasteiger partial charge in [0, 0.05) is 11.6 Å². The Kier molecular flexibility index (Phi) is 4.15. The highest BCUT2D eigenvalue weighted by Gasteiger charge is 2.36. The molecular formula is C14H28N4. The smallest absolute Gasteiger partial charge is 0.188 e. The third-order valence-corrected chi connectivity index (χ3v) is 4.49. The molecule has 0 aromatic rings. The van der Waals surface area contributed by atoms with Crippen LogP contribution >= 0.6 is 0 Å². The maximum atomic E-state index is 5.95. The van der Waals surface area contributed by atoms with Crippen molar-refractivity contribution in [3.05, 3.63) is 0 Å². The van der Waals surface area contributed by atoms with Gasteiger partial charge in [0.05, 0.1) is 6.54 Å². The maximum absolute atomic E-state index is 5.95. The lowest BCUT2D eigenvalue weighted by molar-refractivity contribution is 0.0845. The minimum absolute atomic E-state index is 0.216. The Morgan fingerprint density at radius 2 is 2.11 bits per heavy atom. The summed E-state index contributed by atoms with van der Waals surface area (Å²) in [6, 6.07) is 0.592. The van der Waals surface area contributed by atoms with Crippen LogP contribution in [0.5, 0.6) is 0 Å². The van der Waals surface area contributed by atoms with E-state index in [1.807, 2.05) is 0 Å². The SMILES string of the molecule is CC1CCCC(CN=C(N)NC2CC2)(N(C)C)C1. The van der Waals surface area contributed by atoms with Crippen molar-refractivity contribution >= 4 is 5.96 Å². The molecule has 2 saturated carbocycles. The van der Waals surface area contributed by atoms with Gasteiger partial charge in [-0.2, -0.15) is 0 Å². The van der Waals surface area contributed by atoms with E-state index in [9.17, 15) is 0 Å². The van der Waals surface area contributed by atoms with E-state index in [0.29, 0.717) is 12.0 Å². The van der Waals surface area contributed by atoms with Gasteiger partial charge < -0.3 is 16.0 Å². The molecule has 4 heteroatoms. The van der Waals surface area contributed by atoms with Gasteiger partial charge in [0.2, 0.25) is 0 Å². The molecule has 0 aromatic heterocycles. The number of nitrogens with one attached hydrogen (secondary N) is 1. The summed E-state index contributed by atoms with van der Waals surface area (Å²) in [5.74, 6) is 1.44. The molecule has 0 heterocycles. The summed E-state index contributed by atoms with van der Waals surface area (Å²) in [5, 5.41) is 3.27. The van der Waals surface area contributed by atoms with E-state index >= 15 is 0 Å². The molecular weight excluding hydrogens is 224 g/mol. The third-order valence-electron chi connectivity index (χ3n) is 4.49. The lowest BCUT2D eigenvalue weighted by Gasteiger charge is -2.44. The van der Waals surface area contributed by atoms with Crippen LogP contribution in [0.4, 0.5) is 0 Å². The van der Waals surface area contributed by atoms with Crippen LogP contribution in [-0.4, -0.2) is 43.1 Å². The van der Waals surface area contributed by atoms with Gasteiger partial charge in [-0.1, -0.05) is 19.8 Å². The number of hydrogen-bond acceptors (Lipinski definition) is 2. The first kappa shape index (κ1) is 13.7. The Labute approximate surface area is 111 Å². The summed E-state index contributed by atoms with van der Waals surface area (Å²) in [5.41, 5.74) is 6.16. The first-order chi connectivity index (χ1) is 8.52. The summed E-state index contributed by atoms with van der Waals surface area (Å²) in [7, 11) is 4.36. The van der Waals surface area contributed by atoms with Crippen LogP contribution in [0, 0.1) is 5.92 Å². The summed E-state index contributed by atoms with van der Waals surface area (Å²) in [6.45, 7) is 3.18. The molecule has 0 aliphatic heterocycles. The van der Waals surface area contributed by atoms with Crippen molar-refractivity contribution < 1.29 is 0 Å². The van der Waals surface area contributed by atoms with Crippen LogP contribution in [0.25, 0.3) is 0 Å². The number of hydrogen-bond donors (Lipinski definition) is 2. The van der Waals surface area contributed by atoms with Crippen molar-refractivity contribution in [2.45, 2.75) is 57.0 Å². The van der Waals surface area contributed by atoms with Crippen LogP contribution in [-0.2, 0) is 0 Å². The molecule has 104 valence electrons. The summed E-state index contributed by atoms with van der Waals surface area (Å²) < 4.78 is 0. The third kappa shape index (κ3) is 3.37. The van der Waals surface area contributed by atoms with Gasteiger partial charge in [0.1, 0.15) is 0 Å². The number of nitrogens with zero attached hydrogens (tertiary/aromatic N) is 2. The quantitative estimate of drug-likeness (QED) is 0.590. The number of rotatable bonds is 4. The summed E-state index contributed by atoms with van der Waals surface area (Å²) >= 11 is 0. The standard InChI is InChI=1S/C14H28N4/c1-11-5-4-8-14(9-11,18(2)3)10-16-13(15)17-12-6-7-12/h11-12H,4-10H2,1-3H3,(H3,15,16,17). The van der Waals surface area contributed by atoms with Gasteiger partial charge in [-0.25, -0.2) is 0 Å². The Bertz CT molecular complexity index is 309. The van der Waals surface area contributed by atoms with Crippen LogP contribution in [0.15, 0.2) is 4.99 Å². The van der Waals surface area contributed by atoms with Gasteiger partial charge in [-0.3, -0.25) is 4.99 Å². The van der Waals surface area contributed by atoms with Crippen LogP contribution in [0.3, 0.4) is 0 Å². The van der Waals surface area contributed by atoms with E-state index in [-0.39, 0.29) is 5.54 Å². The molecule has 0 bridgehead atoms. The minimum atomic E-state index is 0.216. The average Bonchev–Trinajstić information content (AvgIpc) is 3.10. The zero-order chi connectivity index (χ0) is 13.2. The summed E-state index contributed by atoms with van der Waals surface area (Å²) in [4.78, 5) is 6.96. The Balaban J connectivity index is 1.96. The lowest BCUT2D eigenvalue weighted by atomic mass is 9.75. The van der Waals surface area contributed by atoms with E-state index in [1.54, 1.807) is 0 Å².